The predicted molar refractivity (Wildman–Crippen MR) is 106 cm³/mol. The van der Waals surface area contributed by atoms with E-state index in [4.69, 9.17) is 4.74 Å². The van der Waals surface area contributed by atoms with E-state index in [-0.39, 0.29) is 17.8 Å². The third-order valence-corrected chi connectivity index (χ3v) is 4.71. The zero-order chi connectivity index (χ0) is 20.9. The number of halogens is 2. The second kappa shape index (κ2) is 9.02. The lowest BCUT2D eigenvalue weighted by Crippen LogP contribution is -2.33. The molecule has 2 heterocycles. The summed E-state index contributed by atoms with van der Waals surface area (Å²) in [7, 11) is 0. The minimum Gasteiger partial charge on any atom is -0.435 e. The fourth-order valence-electron chi connectivity index (χ4n) is 3.27. The fraction of sp³-hybridized carbons (Fsp3) is 0.238. The summed E-state index contributed by atoms with van der Waals surface area (Å²) in [5.41, 5.74) is 2.41. The van der Waals surface area contributed by atoms with Gasteiger partial charge in [0.1, 0.15) is 11.4 Å². The smallest absolute Gasteiger partial charge is 0.387 e. The molecule has 0 bridgehead atoms. The Kier molecular flexibility index (Phi) is 6.01. The fourth-order valence-corrected chi connectivity index (χ4v) is 3.27. The lowest BCUT2D eigenvalue weighted by Gasteiger charge is -2.26. The second-order valence-electron chi connectivity index (χ2n) is 6.64. The SMILES string of the molecule is O=C(c1ccn[nH]1)N(c1ccc(OC(F)F)cc1)c1ccc([C@H]2CNCCO2)cc1. The highest BCUT2D eigenvalue weighted by molar-refractivity contribution is 6.09. The largest absolute Gasteiger partial charge is 0.435 e. The van der Waals surface area contributed by atoms with Crippen LogP contribution in [0, 0.1) is 0 Å². The van der Waals surface area contributed by atoms with Gasteiger partial charge in [0.2, 0.25) is 0 Å². The van der Waals surface area contributed by atoms with Gasteiger partial charge in [-0.25, -0.2) is 0 Å². The van der Waals surface area contributed by atoms with E-state index in [1.165, 1.54) is 23.2 Å². The number of rotatable bonds is 6. The Morgan fingerprint density at radius 2 is 1.80 bits per heavy atom. The van der Waals surface area contributed by atoms with Crippen LogP contribution >= 0.6 is 0 Å². The number of aromatic nitrogens is 2. The summed E-state index contributed by atoms with van der Waals surface area (Å²) in [6, 6.07) is 14.9. The van der Waals surface area contributed by atoms with E-state index in [0.29, 0.717) is 23.7 Å². The number of hydrogen-bond donors (Lipinski definition) is 2. The van der Waals surface area contributed by atoms with Crippen molar-refractivity contribution in [2.75, 3.05) is 24.6 Å². The number of morpholine rings is 1. The first-order chi connectivity index (χ1) is 14.6. The van der Waals surface area contributed by atoms with Crippen LogP contribution in [0.3, 0.4) is 0 Å². The van der Waals surface area contributed by atoms with E-state index in [0.717, 1.165) is 18.7 Å². The zero-order valence-electron chi connectivity index (χ0n) is 15.9. The first-order valence-electron chi connectivity index (χ1n) is 9.43. The molecule has 2 N–H and O–H groups in total. The summed E-state index contributed by atoms with van der Waals surface area (Å²) in [4.78, 5) is 14.6. The lowest BCUT2D eigenvalue weighted by molar-refractivity contribution is -0.0498. The average Bonchev–Trinajstić information content (AvgIpc) is 3.31. The molecule has 0 saturated carbocycles. The van der Waals surface area contributed by atoms with Crippen molar-refractivity contribution in [3.63, 3.8) is 0 Å². The molecule has 7 nitrogen and oxygen atoms in total. The Hall–Kier alpha value is -3.30. The van der Waals surface area contributed by atoms with Crippen LogP contribution in [-0.4, -0.2) is 42.4 Å². The van der Waals surface area contributed by atoms with Crippen molar-refractivity contribution in [1.29, 1.82) is 0 Å². The number of nitrogens with one attached hydrogen (secondary N) is 2. The van der Waals surface area contributed by atoms with Crippen molar-refractivity contribution in [2.45, 2.75) is 12.7 Å². The van der Waals surface area contributed by atoms with Crippen molar-refractivity contribution in [2.24, 2.45) is 0 Å². The van der Waals surface area contributed by atoms with E-state index in [1.54, 1.807) is 18.2 Å². The number of aromatic amines is 1. The molecular weight excluding hydrogens is 394 g/mol. The molecule has 156 valence electrons. The highest BCUT2D eigenvalue weighted by Crippen LogP contribution is 2.31. The van der Waals surface area contributed by atoms with Crippen LogP contribution in [0.1, 0.15) is 22.2 Å². The van der Waals surface area contributed by atoms with Crippen LogP contribution in [-0.2, 0) is 4.74 Å². The monoisotopic (exact) mass is 414 g/mol. The number of hydrogen-bond acceptors (Lipinski definition) is 5. The molecule has 0 spiro atoms. The molecule has 3 aromatic rings. The number of benzene rings is 2. The van der Waals surface area contributed by atoms with Crippen LogP contribution in [0.2, 0.25) is 0 Å². The molecule has 2 aromatic carbocycles. The second-order valence-corrected chi connectivity index (χ2v) is 6.64. The number of ether oxygens (including phenoxy) is 2. The molecule has 30 heavy (non-hydrogen) atoms. The van der Waals surface area contributed by atoms with Gasteiger partial charge in [0, 0.05) is 30.7 Å². The molecule has 1 aliphatic heterocycles. The number of nitrogens with zero attached hydrogens (tertiary/aromatic N) is 2. The predicted octanol–water partition coefficient (Wildman–Crippen LogP) is 3.65. The maximum atomic E-state index is 13.1. The zero-order valence-corrected chi connectivity index (χ0v) is 15.9. The van der Waals surface area contributed by atoms with Crippen LogP contribution < -0.4 is 15.0 Å². The van der Waals surface area contributed by atoms with Crippen LogP contribution in [0.4, 0.5) is 20.2 Å². The molecule has 0 radical (unpaired) electrons. The quantitative estimate of drug-likeness (QED) is 0.644. The molecule has 1 atom stereocenters. The van der Waals surface area contributed by atoms with Gasteiger partial charge in [-0.3, -0.25) is 14.8 Å². The summed E-state index contributed by atoms with van der Waals surface area (Å²) in [6.45, 7) is -0.722. The number of alkyl halides is 2. The number of carbonyl (C=O) groups excluding carboxylic acids is 1. The maximum Gasteiger partial charge on any atom is 0.387 e. The van der Waals surface area contributed by atoms with Crippen molar-refractivity contribution >= 4 is 17.3 Å². The topological polar surface area (TPSA) is 79.5 Å². The van der Waals surface area contributed by atoms with E-state index >= 15 is 0 Å². The van der Waals surface area contributed by atoms with E-state index in [2.05, 4.69) is 20.3 Å². The van der Waals surface area contributed by atoms with Gasteiger partial charge < -0.3 is 14.8 Å². The molecular formula is C21H20F2N4O3. The third-order valence-electron chi connectivity index (χ3n) is 4.71. The van der Waals surface area contributed by atoms with E-state index < -0.39 is 6.61 Å². The van der Waals surface area contributed by atoms with Gasteiger partial charge in [-0.15, -0.1) is 0 Å². The first kappa shape index (κ1) is 20.0. The van der Waals surface area contributed by atoms with Gasteiger partial charge in [-0.1, -0.05) is 12.1 Å². The molecule has 1 aromatic heterocycles. The summed E-state index contributed by atoms with van der Waals surface area (Å²) >= 11 is 0. The Balaban J connectivity index is 1.64. The van der Waals surface area contributed by atoms with Crippen molar-refractivity contribution in [3.8, 4) is 5.75 Å². The Morgan fingerprint density at radius 1 is 1.10 bits per heavy atom. The molecule has 0 unspecified atom stereocenters. The minimum absolute atomic E-state index is 0.0139. The van der Waals surface area contributed by atoms with Crippen molar-refractivity contribution < 1.29 is 23.0 Å². The van der Waals surface area contributed by atoms with Crippen molar-refractivity contribution in [3.05, 3.63) is 72.1 Å². The van der Waals surface area contributed by atoms with E-state index in [1.807, 2.05) is 24.3 Å². The molecule has 1 fully saturated rings. The molecule has 1 saturated heterocycles. The highest BCUT2D eigenvalue weighted by Gasteiger charge is 2.22. The molecule has 0 aliphatic carbocycles. The Bertz CT molecular complexity index is 957. The number of H-pyrrole nitrogens is 1. The molecule has 4 rings (SSSR count). The van der Waals surface area contributed by atoms with Gasteiger partial charge in [0.15, 0.2) is 0 Å². The summed E-state index contributed by atoms with van der Waals surface area (Å²) in [5, 5.41) is 9.79. The van der Waals surface area contributed by atoms with Crippen LogP contribution in [0.5, 0.6) is 5.75 Å². The van der Waals surface area contributed by atoms with Crippen LogP contribution in [0.15, 0.2) is 60.8 Å². The summed E-state index contributed by atoms with van der Waals surface area (Å²) in [5.74, 6) is -0.321. The maximum absolute atomic E-state index is 13.1. The van der Waals surface area contributed by atoms with Gasteiger partial charge in [-0.2, -0.15) is 13.9 Å². The average molecular weight is 414 g/mol. The van der Waals surface area contributed by atoms with Gasteiger partial charge in [-0.05, 0) is 48.0 Å². The number of amides is 1. The van der Waals surface area contributed by atoms with Gasteiger partial charge >= 0.3 is 6.61 Å². The van der Waals surface area contributed by atoms with Gasteiger partial charge in [0.25, 0.3) is 5.91 Å². The lowest BCUT2D eigenvalue weighted by atomic mass is 10.1. The van der Waals surface area contributed by atoms with Crippen molar-refractivity contribution in [1.82, 2.24) is 15.5 Å². The third kappa shape index (κ3) is 4.47. The van der Waals surface area contributed by atoms with Gasteiger partial charge in [0.05, 0.1) is 12.7 Å². The standard InChI is InChI=1S/C21H20F2N4O3/c22-21(23)30-17-7-5-16(6-8-17)27(20(28)18-9-10-25-26-18)15-3-1-14(2-4-15)19-13-24-11-12-29-19/h1-10,19,21,24H,11-13H2,(H,25,26)/t19-/m1/s1. The molecule has 1 aliphatic rings. The van der Waals surface area contributed by atoms with E-state index in [9.17, 15) is 13.6 Å². The number of anilines is 2. The molecule has 9 heteroatoms. The summed E-state index contributed by atoms with van der Waals surface area (Å²) in [6.07, 6.45) is 1.44. The van der Waals surface area contributed by atoms with Crippen LogP contribution in [0.25, 0.3) is 0 Å². The molecule has 1 amide bonds. The number of carbonyl (C=O) groups is 1. The summed E-state index contributed by atoms with van der Waals surface area (Å²) < 4.78 is 35.0. The normalized spacial score (nSPS) is 16.4. The first-order valence-corrected chi connectivity index (χ1v) is 9.43. The Labute approximate surface area is 171 Å². The highest BCUT2D eigenvalue weighted by atomic mass is 19.3. The Morgan fingerprint density at radius 3 is 2.37 bits per heavy atom. The minimum atomic E-state index is -2.91.